The lowest BCUT2D eigenvalue weighted by atomic mass is 10.7. The zero-order chi connectivity index (χ0) is 13.4. The highest BCUT2D eigenvalue weighted by atomic mass is 16.5. The predicted molar refractivity (Wildman–Crippen MR) is 66.8 cm³/mol. The predicted octanol–water partition coefficient (Wildman–Crippen LogP) is -0.438. The van der Waals surface area contributed by atoms with Crippen LogP contribution in [0.5, 0.6) is 6.01 Å². The molecule has 102 valence electrons. The average molecular weight is 257 g/mol. The first-order valence-corrected chi connectivity index (χ1v) is 5.52. The van der Waals surface area contributed by atoms with Crippen LogP contribution in [-0.2, 0) is 9.47 Å². The maximum atomic E-state index is 5.55. The van der Waals surface area contributed by atoms with Gasteiger partial charge in [-0.3, -0.25) is 0 Å². The second kappa shape index (κ2) is 7.62. The lowest BCUT2D eigenvalue weighted by Gasteiger charge is -2.11. The maximum Gasteiger partial charge on any atom is 0.323 e. The SMILES string of the molecule is COCCOCCOc1nc(N)nc(N(C)C)n1. The molecule has 0 saturated heterocycles. The molecule has 1 aromatic rings. The van der Waals surface area contributed by atoms with E-state index < -0.39 is 0 Å². The molecule has 8 nitrogen and oxygen atoms in total. The first-order valence-electron chi connectivity index (χ1n) is 5.52. The van der Waals surface area contributed by atoms with Gasteiger partial charge < -0.3 is 24.8 Å². The third-order valence-corrected chi connectivity index (χ3v) is 1.91. The average Bonchev–Trinajstić information content (AvgIpc) is 2.33. The molecule has 0 aliphatic rings. The van der Waals surface area contributed by atoms with Crippen LogP contribution in [0.3, 0.4) is 0 Å². The van der Waals surface area contributed by atoms with Crippen molar-refractivity contribution in [1.82, 2.24) is 15.0 Å². The number of hydrogen-bond acceptors (Lipinski definition) is 8. The van der Waals surface area contributed by atoms with E-state index in [1.54, 1.807) is 12.0 Å². The second-order valence-corrected chi connectivity index (χ2v) is 3.62. The van der Waals surface area contributed by atoms with Crippen molar-refractivity contribution in [2.45, 2.75) is 0 Å². The summed E-state index contributed by atoms with van der Waals surface area (Å²) >= 11 is 0. The monoisotopic (exact) mass is 257 g/mol. The van der Waals surface area contributed by atoms with Gasteiger partial charge in [-0.15, -0.1) is 0 Å². The summed E-state index contributed by atoms with van der Waals surface area (Å²) in [6, 6.07) is 0.196. The maximum absolute atomic E-state index is 5.55. The molecule has 0 radical (unpaired) electrons. The van der Waals surface area contributed by atoms with E-state index in [-0.39, 0.29) is 12.0 Å². The molecule has 0 aliphatic carbocycles. The van der Waals surface area contributed by atoms with Gasteiger partial charge in [-0.2, -0.15) is 15.0 Å². The van der Waals surface area contributed by atoms with Crippen LogP contribution in [-0.4, -0.2) is 62.6 Å². The van der Waals surface area contributed by atoms with E-state index >= 15 is 0 Å². The van der Waals surface area contributed by atoms with Crippen molar-refractivity contribution in [3.8, 4) is 6.01 Å². The molecule has 1 heterocycles. The number of nitrogen functional groups attached to an aromatic ring is 1. The summed E-state index contributed by atoms with van der Waals surface area (Å²) in [5.41, 5.74) is 5.55. The fraction of sp³-hybridized carbons (Fsp3) is 0.700. The van der Waals surface area contributed by atoms with Crippen molar-refractivity contribution in [3.63, 3.8) is 0 Å². The van der Waals surface area contributed by atoms with Gasteiger partial charge in [0.1, 0.15) is 6.61 Å². The standard InChI is InChI=1S/C10H19N5O3/c1-15(2)9-12-8(11)13-10(14-9)18-7-6-17-5-4-16-3/h4-7H2,1-3H3,(H2,11,12,13,14). The highest BCUT2D eigenvalue weighted by molar-refractivity contribution is 5.33. The summed E-state index contributed by atoms with van der Waals surface area (Å²) < 4.78 is 15.4. The van der Waals surface area contributed by atoms with E-state index in [1.807, 2.05) is 14.1 Å². The summed E-state index contributed by atoms with van der Waals surface area (Å²) in [5, 5.41) is 0. The Labute approximate surface area is 106 Å². The Bertz CT molecular complexity index is 361. The van der Waals surface area contributed by atoms with E-state index in [4.69, 9.17) is 19.9 Å². The molecule has 0 aromatic carbocycles. The van der Waals surface area contributed by atoms with Crippen molar-refractivity contribution < 1.29 is 14.2 Å². The normalized spacial score (nSPS) is 10.4. The third-order valence-electron chi connectivity index (χ3n) is 1.91. The zero-order valence-electron chi connectivity index (χ0n) is 10.9. The lowest BCUT2D eigenvalue weighted by molar-refractivity contribution is 0.0528. The van der Waals surface area contributed by atoms with Crippen LogP contribution in [0.15, 0.2) is 0 Å². The number of aromatic nitrogens is 3. The van der Waals surface area contributed by atoms with Crippen molar-refractivity contribution in [3.05, 3.63) is 0 Å². The van der Waals surface area contributed by atoms with E-state index in [0.717, 1.165) is 0 Å². The van der Waals surface area contributed by atoms with Crippen LogP contribution in [0.2, 0.25) is 0 Å². The van der Waals surface area contributed by atoms with Crippen molar-refractivity contribution in [2.24, 2.45) is 0 Å². The van der Waals surface area contributed by atoms with Gasteiger partial charge in [0.2, 0.25) is 11.9 Å². The largest absolute Gasteiger partial charge is 0.461 e. The van der Waals surface area contributed by atoms with Crippen molar-refractivity contribution >= 4 is 11.9 Å². The topological polar surface area (TPSA) is 95.6 Å². The Hall–Kier alpha value is -1.67. The van der Waals surface area contributed by atoms with E-state index in [0.29, 0.717) is 32.4 Å². The molecule has 1 aromatic heterocycles. The minimum atomic E-state index is 0.129. The molecule has 0 spiro atoms. The summed E-state index contributed by atoms with van der Waals surface area (Å²) in [6.45, 7) is 1.87. The Morgan fingerprint density at radius 2 is 1.78 bits per heavy atom. The minimum absolute atomic E-state index is 0.129. The highest BCUT2D eigenvalue weighted by Gasteiger charge is 2.06. The molecule has 0 saturated carbocycles. The molecular formula is C10H19N5O3. The van der Waals surface area contributed by atoms with Gasteiger partial charge in [0.25, 0.3) is 0 Å². The van der Waals surface area contributed by atoms with Crippen LogP contribution >= 0.6 is 0 Å². The fourth-order valence-electron chi connectivity index (χ4n) is 1.06. The Kier molecular flexibility index (Phi) is 6.09. The number of methoxy groups -OCH3 is 1. The number of nitrogens with two attached hydrogens (primary N) is 1. The van der Waals surface area contributed by atoms with E-state index in [9.17, 15) is 0 Å². The number of ether oxygens (including phenoxy) is 3. The smallest absolute Gasteiger partial charge is 0.323 e. The highest BCUT2D eigenvalue weighted by Crippen LogP contribution is 2.10. The molecule has 0 atom stereocenters. The van der Waals surface area contributed by atoms with Gasteiger partial charge in [0.15, 0.2) is 0 Å². The second-order valence-electron chi connectivity index (χ2n) is 3.62. The zero-order valence-corrected chi connectivity index (χ0v) is 10.9. The molecule has 0 fully saturated rings. The van der Waals surface area contributed by atoms with Crippen LogP contribution in [0.25, 0.3) is 0 Å². The van der Waals surface area contributed by atoms with Crippen LogP contribution < -0.4 is 15.4 Å². The van der Waals surface area contributed by atoms with Gasteiger partial charge in [-0.1, -0.05) is 0 Å². The van der Waals surface area contributed by atoms with Crippen LogP contribution in [0.1, 0.15) is 0 Å². The summed E-state index contributed by atoms with van der Waals surface area (Å²) in [4.78, 5) is 13.6. The third kappa shape index (κ3) is 5.11. The Balaban J connectivity index is 2.37. The first kappa shape index (κ1) is 14.4. The quantitative estimate of drug-likeness (QED) is 0.626. The molecule has 18 heavy (non-hydrogen) atoms. The number of anilines is 2. The Morgan fingerprint density at radius 1 is 1.06 bits per heavy atom. The van der Waals surface area contributed by atoms with Gasteiger partial charge in [-0.25, -0.2) is 0 Å². The number of hydrogen-bond donors (Lipinski definition) is 1. The van der Waals surface area contributed by atoms with E-state index in [1.165, 1.54) is 0 Å². The summed E-state index contributed by atoms with van der Waals surface area (Å²) in [5.74, 6) is 0.585. The molecular weight excluding hydrogens is 238 g/mol. The van der Waals surface area contributed by atoms with Gasteiger partial charge >= 0.3 is 6.01 Å². The molecule has 8 heteroatoms. The number of rotatable bonds is 8. The summed E-state index contributed by atoms with van der Waals surface area (Å²) in [6.07, 6.45) is 0. The molecule has 0 aliphatic heterocycles. The lowest BCUT2D eigenvalue weighted by Crippen LogP contribution is -2.17. The molecule has 0 bridgehead atoms. The van der Waals surface area contributed by atoms with Crippen molar-refractivity contribution in [2.75, 3.05) is 58.3 Å². The molecule has 0 unspecified atom stereocenters. The summed E-state index contributed by atoms with van der Waals surface area (Å²) in [7, 11) is 5.25. The first-order chi connectivity index (χ1) is 8.63. The van der Waals surface area contributed by atoms with E-state index in [2.05, 4.69) is 15.0 Å². The molecule has 2 N–H and O–H groups in total. The minimum Gasteiger partial charge on any atom is -0.461 e. The molecule has 0 amide bonds. The fourth-order valence-corrected chi connectivity index (χ4v) is 1.06. The Morgan fingerprint density at radius 3 is 2.44 bits per heavy atom. The van der Waals surface area contributed by atoms with Crippen molar-refractivity contribution in [1.29, 1.82) is 0 Å². The van der Waals surface area contributed by atoms with Crippen LogP contribution in [0, 0.1) is 0 Å². The molecule has 1 rings (SSSR count). The van der Waals surface area contributed by atoms with Gasteiger partial charge in [0, 0.05) is 21.2 Å². The van der Waals surface area contributed by atoms with Crippen LogP contribution in [0.4, 0.5) is 11.9 Å². The van der Waals surface area contributed by atoms with Gasteiger partial charge in [0.05, 0.1) is 19.8 Å². The number of nitrogens with zero attached hydrogens (tertiary/aromatic N) is 4. The van der Waals surface area contributed by atoms with Gasteiger partial charge in [-0.05, 0) is 0 Å².